The Labute approximate surface area is 102 Å². The van der Waals surface area contributed by atoms with E-state index in [1.165, 1.54) is 0 Å². The third kappa shape index (κ3) is 2.69. The van der Waals surface area contributed by atoms with Crippen LogP contribution in [0, 0.1) is 0 Å². The zero-order chi connectivity index (χ0) is 14.3. The van der Waals surface area contributed by atoms with Gasteiger partial charge in [-0.1, -0.05) is 0 Å². The van der Waals surface area contributed by atoms with Crippen LogP contribution in [0.2, 0.25) is 0 Å². The maximum absolute atomic E-state index is 12.7. The Morgan fingerprint density at radius 3 is 2.16 bits per heavy atom. The van der Waals surface area contributed by atoms with Crippen LogP contribution in [-0.4, -0.2) is 14.8 Å². The lowest BCUT2D eigenvalue weighted by molar-refractivity contribution is -0.141. The Morgan fingerprint density at radius 1 is 0.947 bits per heavy atom. The third-order valence-corrected chi connectivity index (χ3v) is 2.19. The molecular formula is C10H5F6N3. The fourth-order valence-corrected chi connectivity index (χ4v) is 1.39. The van der Waals surface area contributed by atoms with Crippen molar-refractivity contribution < 1.29 is 26.3 Å². The van der Waals surface area contributed by atoms with Crippen molar-refractivity contribution in [2.45, 2.75) is 12.4 Å². The van der Waals surface area contributed by atoms with Crippen LogP contribution in [0.25, 0.3) is 5.82 Å². The van der Waals surface area contributed by atoms with Gasteiger partial charge in [-0.15, -0.1) is 0 Å². The van der Waals surface area contributed by atoms with E-state index >= 15 is 0 Å². The number of hydrogen-bond acceptors (Lipinski definition) is 2. The molecule has 2 heterocycles. The van der Waals surface area contributed by atoms with Gasteiger partial charge in [-0.3, -0.25) is 0 Å². The number of hydrogen-bond donors (Lipinski definition) is 0. The van der Waals surface area contributed by atoms with Crippen LogP contribution < -0.4 is 0 Å². The summed E-state index contributed by atoms with van der Waals surface area (Å²) in [6.07, 6.45) is -7.63. The minimum atomic E-state index is -4.73. The highest BCUT2D eigenvalue weighted by atomic mass is 19.4. The molecular weight excluding hydrogens is 276 g/mol. The molecule has 0 aliphatic heterocycles. The van der Waals surface area contributed by atoms with Gasteiger partial charge in [-0.05, 0) is 18.2 Å². The minimum absolute atomic E-state index is 0.450. The molecule has 0 aliphatic rings. The summed E-state index contributed by atoms with van der Waals surface area (Å²) in [5.41, 5.74) is -2.45. The number of nitrogens with zero attached hydrogens (tertiary/aromatic N) is 3. The number of rotatable bonds is 1. The molecule has 0 radical (unpaired) electrons. The lowest BCUT2D eigenvalue weighted by Gasteiger charge is -2.11. The van der Waals surface area contributed by atoms with Gasteiger partial charge in [-0.25, -0.2) is 9.67 Å². The molecule has 0 aliphatic carbocycles. The Hall–Kier alpha value is -2.06. The zero-order valence-electron chi connectivity index (χ0n) is 9.00. The van der Waals surface area contributed by atoms with Crippen LogP contribution in [0.4, 0.5) is 26.3 Å². The van der Waals surface area contributed by atoms with Crippen LogP contribution in [-0.2, 0) is 12.4 Å². The summed E-state index contributed by atoms with van der Waals surface area (Å²) in [5.74, 6) is -0.703. The second-order valence-corrected chi connectivity index (χ2v) is 3.52. The van der Waals surface area contributed by atoms with Crippen LogP contribution in [0.5, 0.6) is 0 Å². The van der Waals surface area contributed by atoms with Crippen molar-refractivity contribution in [3.63, 3.8) is 0 Å². The van der Waals surface area contributed by atoms with E-state index in [1.807, 2.05) is 0 Å². The third-order valence-electron chi connectivity index (χ3n) is 2.19. The molecule has 3 nitrogen and oxygen atoms in total. The van der Waals surface area contributed by atoms with Gasteiger partial charge < -0.3 is 0 Å². The van der Waals surface area contributed by atoms with Gasteiger partial charge in [0.15, 0.2) is 11.5 Å². The lowest BCUT2D eigenvalue weighted by Crippen LogP contribution is -2.13. The van der Waals surface area contributed by atoms with E-state index in [4.69, 9.17) is 0 Å². The summed E-state index contributed by atoms with van der Waals surface area (Å²) in [7, 11) is 0. The second-order valence-electron chi connectivity index (χ2n) is 3.52. The van der Waals surface area contributed by atoms with Crippen molar-refractivity contribution in [3.8, 4) is 5.82 Å². The van der Waals surface area contributed by atoms with Crippen molar-refractivity contribution in [1.29, 1.82) is 0 Å². The molecule has 0 N–H and O–H groups in total. The zero-order valence-corrected chi connectivity index (χ0v) is 9.00. The minimum Gasteiger partial charge on any atom is -0.237 e. The van der Waals surface area contributed by atoms with Crippen LogP contribution in [0.3, 0.4) is 0 Å². The topological polar surface area (TPSA) is 30.7 Å². The van der Waals surface area contributed by atoms with Gasteiger partial charge in [0.1, 0.15) is 5.56 Å². The van der Waals surface area contributed by atoms with E-state index in [0.29, 0.717) is 10.7 Å². The van der Waals surface area contributed by atoms with E-state index in [-0.39, 0.29) is 0 Å². The fraction of sp³-hybridized carbons (Fsp3) is 0.200. The molecule has 0 spiro atoms. The standard InChI is InChI=1S/C10H5F6N3/c11-9(12,13)6-2-1-4-17-8(6)19-5-3-7(18-19)10(14,15)16/h1-5H. The van der Waals surface area contributed by atoms with Gasteiger partial charge in [-0.2, -0.15) is 31.4 Å². The molecule has 102 valence electrons. The second kappa shape index (κ2) is 4.25. The van der Waals surface area contributed by atoms with Gasteiger partial charge in [0.05, 0.1) is 0 Å². The van der Waals surface area contributed by atoms with Crippen molar-refractivity contribution in [2.75, 3.05) is 0 Å². The molecule has 0 aromatic carbocycles. The van der Waals surface area contributed by atoms with Crippen LogP contribution in [0.1, 0.15) is 11.3 Å². The summed E-state index contributed by atoms with van der Waals surface area (Å²) < 4.78 is 75.5. The van der Waals surface area contributed by atoms with Crippen LogP contribution >= 0.6 is 0 Å². The highest BCUT2D eigenvalue weighted by Gasteiger charge is 2.37. The molecule has 2 aromatic heterocycles. The monoisotopic (exact) mass is 281 g/mol. The van der Waals surface area contributed by atoms with Gasteiger partial charge >= 0.3 is 12.4 Å². The van der Waals surface area contributed by atoms with Crippen LogP contribution in [0.15, 0.2) is 30.6 Å². The van der Waals surface area contributed by atoms with Crippen molar-refractivity contribution >= 4 is 0 Å². The normalized spacial score (nSPS) is 12.7. The summed E-state index contributed by atoms with van der Waals surface area (Å²) in [6, 6.07) is 2.34. The van der Waals surface area contributed by atoms with E-state index in [0.717, 1.165) is 24.5 Å². The highest BCUT2D eigenvalue weighted by molar-refractivity contribution is 5.35. The average molecular weight is 281 g/mol. The first-order valence-corrected chi connectivity index (χ1v) is 4.85. The van der Waals surface area contributed by atoms with Crippen molar-refractivity contribution in [3.05, 3.63) is 41.9 Å². The summed E-state index contributed by atoms with van der Waals surface area (Å²) >= 11 is 0. The van der Waals surface area contributed by atoms with E-state index < -0.39 is 29.4 Å². The predicted molar refractivity (Wildman–Crippen MR) is 51.4 cm³/mol. The quantitative estimate of drug-likeness (QED) is 0.751. The maximum atomic E-state index is 12.7. The Bertz CT molecular complexity index is 583. The molecule has 0 bridgehead atoms. The Kier molecular flexibility index (Phi) is 2.99. The van der Waals surface area contributed by atoms with E-state index in [9.17, 15) is 26.3 Å². The molecule has 2 rings (SSSR count). The number of halogens is 6. The van der Waals surface area contributed by atoms with Gasteiger partial charge in [0.2, 0.25) is 0 Å². The average Bonchev–Trinajstić information content (AvgIpc) is 2.76. The fourth-order valence-electron chi connectivity index (χ4n) is 1.39. The largest absolute Gasteiger partial charge is 0.435 e. The van der Waals surface area contributed by atoms with Crippen molar-refractivity contribution in [1.82, 2.24) is 14.8 Å². The summed E-state index contributed by atoms with van der Waals surface area (Å²) in [4.78, 5) is 3.42. The molecule has 0 fully saturated rings. The molecule has 0 saturated carbocycles. The molecule has 2 aromatic rings. The van der Waals surface area contributed by atoms with Gasteiger partial charge in [0.25, 0.3) is 0 Å². The predicted octanol–water partition coefficient (Wildman–Crippen LogP) is 3.30. The van der Waals surface area contributed by atoms with Gasteiger partial charge in [0, 0.05) is 12.4 Å². The molecule has 19 heavy (non-hydrogen) atoms. The highest BCUT2D eigenvalue weighted by Crippen LogP contribution is 2.33. The molecule has 0 saturated heterocycles. The molecule has 0 atom stereocenters. The van der Waals surface area contributed by atoms with E-state index in [2.05, 4.69) is 10.1 Å². The molecule has 9 heteroatoms. The number of pyridine rings is 1. The number of alkyl halides is 6. The summed E-state index contributed by atoms with van der Waals surface area (Å²) in [6.45, 7) is 0. The molecule has 0 unspecified atom stereocenters. The first-order valence-electron chi connectivity index (χ1n) is 4.85. The summed E-state index contributed by atoms with van der Waals surface area (Å²) in [5, 5.41) is 3.06. The maximum Gasteiger partial charge on any atom is 0.435 e. The smallest absolute Gasteiger partial charge is 0.237 e. The van der Waals surface area contributed by atoms with Crippen molar-refractivity contribution in [2.24, 2.45) is 0 Å². The Morgan fingerprint density at radius 2 is 1.63 bits per heavy atom. The van der Waals surface area contributed by atoms with E-state index in [1.54, 1.807) is 0 Å². The Balaban J connectivity index is 2.52. The lowest BCUT2D eigenvalue weighted by atomic mass is 10.2. The first-order chi connectivity index (χ1) is 8.69. The first kappa shape index (κ1) is 13.4. The number of aromatic nitrogens is 3. The molecule has 0 amide bonds. The SMILES string of the molecule is FC(F)(F)c1ccn(-c2ncccc2C(F)(F)F)n1.